The molecule has 2 aromatic carbocycles. The fourth-order valence-corrected chi connectivity index (χ4v) is 3.90. The Morgan fingerprint density at radius 1 is 1.16 bits per heavy atom. The first kappa shape index (κ1) is 21.4. The molecule has 0 unspecified atom stereocenters. The zero-order valence-corrected chi connectivity index (χ0v) is 17.6. The van der Waals surface area contributed by atoms with Crippen molar-refractivity contribution in [3.05, 3.63) is 76.1 Å². The molecule has 11 heteroatoms. The number of carbonyl (C=O) groups excluding carboxylic acids is 1. The van der Waals surface area contributed by atoms with Crippen LogP contribution in [0.3, 0.4) is 0 Å². The third-order valence-electron chi connectivity index (χ3n) is 4.11. The number of fused-ring (bicyclic) bond motifs is 1. The van der Waals surface area contributed by atoms with Gasteiger partial charge in [-0.2, -0.15) is 13.9 Å². The number of carbonyl (C=O) groups is 1. The molecule has 0 aliphatic heterocycles. The number of rotatable bonds is 5. The van der Waals surface area contributed by atoms with Crippen molar-refractivity contribution in [1.29, 1.82) is 0 Å². The van der Waals surface area contributed by atoms with Crippen molar-refractivity contribution in [3.8, 4) is 11.3 Å². The molecule has 5 nitrogen and oxygen atoms in total. The minimum absolute atomic E-state index is 0.156. The monoisotopic (exact) mass is 482 g/mol. The topological polar surface area (TPSA) is 59.3 Å². The van der Waals surface area contributed by atoms with Gasteiger partial charge in [-0.15, -0.1) is 0 Å². The van der Waals surface area contributed by atoms with E-state index in [9.17, 15) is 18.0 Å². The molecule has 4 aromatic rings. The van der Waals surface area contributed by atoms with Gasteiger partial charge in [-0.3, -0.25) is 4.79 Å². The lowest BCUT2D eigenvalue weighted by atomic mass is 10.1. The van der Waals surface area contributed by atoms with E-state index in [-0.39, 0.29) is 10.7 Å². The van der Waals surface area contributed by atoms with E-state index in [1.54, 1.807) is 24.3 Å². The Labute approximate surface area is 187 Å². The molecule has 2 aromatic heterocycles. The number of alkyl halides is 3. The molecular formula is C20H11Cl2F3N4OS. The standard InChI is InChI=1S/C20H11Cl2F3N4OS/c21-14-4-2-1-3-13(14)17-15(29-19(27-17)31-18(28-29)20(22,24)25)9-10-16(30)26-12-7-5-11(23)6-8-12/h1-10H,(H,26,30)/b10-9+. The van der Waals surface area contributed by atoms with E-state index in [1.807, 2.05) is 0 Å². The Morgan fingerprint density at radius 3 is 2.55 bits per heavy atom. The van der Waals surface area contributed by atoms with Crippen LogP contribution in [0.15, 0.2) is 54.6 Å². The van der Waals surface area contributed by atoms with Crippen molar-refractivity contribution < 1.29 is 18.0 Å². The summed E-state index contributed by atoms with van der Waals surface area (Å²) in [5, 5.41) is 2.53. The molecule has 0 spiro atoms. The number of halogens is 5. The number of nitrogens with one attached hydrogen (secondary N) is 1. The molecule has 0 atom stereocenters. The van der Waals surface area contributed by atoms with E-state index in [4.69, 9.17) is 23.2 Å². The van der Waals surface area contributed by atoms with Crippen LogP contribution in [0.4, 0.5) is 18.9 Å². The second-order valence-corrected chi connectivity index (χ2v) is 8.09. The Hall–Kier alpha value is -2.88. The summed E-state index contributed by atoms with van der Waals surface area (Å²) in [5.74, 6) is -0.959. The number of hydrogen-bond donors (Lipinski definition) is 1. The van der Waals surface area contributed by atoms with Crippen molar-refractivity contribution in [2.45, 2.75) is 5.38 Å². The number of nitrogens with zero attached hydrogens (tertiary/aromatic N) is 3. The number of aromatic nitrogens is 3. The lowest BCUT2D eigenvalue weighted by molar-refractivity contribution is -0.111. The molecule has 0 saturated carbocycles. The molecule has 1 N–H and O–H groups in total. The summed E-state index contributed by atoms with van der Waals surface area (Å²) in [6.07, 6.45) is 2.57. The van der Waals surface area contributed by atoms with Crippen LogP contribution < -0.4 is 5.32 Å². The Balaban J connectivity index is 1.74. The maximum Gasteiger partial charge on any atom is 0.375 e. The zero-order chi connectivity index (χ0) is 22.2. The Morgan fingerprint density at radius 2 is 1.87 bits per heavy atom. The molecule has 1 amide bonds. The third kappa shape index (κ3) is 4.58. The Kier molecular flexibility index (Phi) is 5.74. The van der Waals surface area contributed by atoms with Gasteiger partial charge in [-0.25, -0.2) is 13.9 Å². The van der Waals surface area contributed by atoms with Gasteiger partial charge in [0, 0.05) is 17.3 Å². The molecule has 0 fully saturated rings. The van der Waals surface area contributed by atoms with Crippen LogP contribution >= 0.6 is 34.5 Å². The van der Waals surface area contributed by atoms with Gasteiger partial charge in [0.05, 0.1) is 10.7 Å². The lowest BCUT2D eigenvalue weighted by Gasteiger charge is -2.04. The van der Waals surface area contributed by atoms with E-state index in [0.717, 1.165) is 0 Å². The molecule has 4 rings (SSSR count). The highest BCUT2D eigenvalue weighted by Gasteiger charge is 2.34. The highest BCUT2D eigenvalue weighted by molar-refractivity contribution is 7.17. The SMILES string of the molecule is O=C(/C=C/c1c(-c2ccccc2Cl)nc2sc(C(F)(F)Cl)nn12)Nc1ccc(F)cc1. The number of amides is 1. The first-order chi connectivity index (χ1) is 14.7. The van der Waals surface area contributed by atoms with Crippen molar-refractivity contribution in [3.63, 3.8) is 0 Å². The fraction of sp³-hybridized carbons (Fsp3) is 0.0500. The fourth-order valence-electron chi connectivity index (χ4n) is 2.75. The summed E-state index contributed by atoms with van der Waals surface area (Å²) in [6, 6.07) is 12.1. The minimum atomic E-state index is -3.66. The third-order valence-corrected chi connectivity index (χ3v) is 5.71. The van der Waals surface area contributed by atoms with Crippen molar-refractivity contribution >= 4 is 57.2 Å². The van der Waals surface area contributed by atoms with Gasteiger partial charge in [-0.05, 0) is 48.0 Å². The molecule has 0 bridgehead atoms. The highest BCUT2D eigenvalue weighted by atomic mass is 35.5. The average molecular weight is 483 g/mol. The largest absolute Gasteiger partial charge is 0.375 e. The van der Waals surface area contributed by atoms with Gasteiger partial charge in [0.25, 0.3) is 0 Å². The molecule has 0 saturated heterocycles. The van der Waals surface area contributed by atoms with Crippen LogP contribution in [0.5, 0.6) is 0 Å². The predicted octanol–water partition coefficient (Wildman–Crippen LogP) is 6.19. The highest BCUT2D eigenvalue weighted by Crippen LogP contribution is 2.38. The van der Waals surface area contributed by atoms with E-state index in [1.165, 1.54) is 40.9 Å². The van der Waals surface area contributed by atoms with E-state index in [2.05, 4.69) is 15.4 Å². The Bertz CT molecular complexity index is 1300. The number of hydrogen-bond acceptors (Lipinski definition) is 4. The molecule has 31 heavy (non-hydrogen) atoms. The van der Waals surface area contributed by atoms with E-state index >= 15 is 0 Å². The van der Waals surface area contributed by atoms with Crippen LogP contribution in [-0.4, -0.2) is 20.5 Å². The number of anilines is 1. The summed E-state index contributed by atoms with van der Waals surface area (Å²) in [7, 11) is 0. The summed E-state index contributed by atoms with van der Waals surface area (Å²) in [4.78, 5) is 16.8. The average Bonchev–Trinajstić information content (AvgIpc) is 3.27. The van der Waals surface area contributed by atoms with Crippen LogP contribution in [-0.2, 0) is 10.2 Å². The summed E-state index contributed by atoms with van der Waals surface area (Å²) in [5.41, 5.74) is 1.55. The smallest absolute Gasteiger partial charge is 0.323 e. The second-order valence-electron chi connectivity index (χ2n) is 6.25. The maximum atomic E-state index is 13.5. The van der Waals surface area contributed by atoms with E-state index in [0.29, 0.717) is 33.3 Å². The quantitative estimate of drug-likeness (QED) is 0.272. The normalized spacial score (nSPS) is 12.0. The summed E-state index contributed by atoms with van der Waals surface area (Å²) in [6.45, 7) is 0. The number of imidazole rings is 1. The molecule has 0 aliphatic carbocycles. The van der Waals surface area contributed by atoms with Crippen LogP contribution in [0.2, 0.25) is 5.02 Å². The molecule has 0 aliphatic rings. The number of benzene rings is 2. The van der Waals surface area contributed by atoms with Crippen LogP contribution in [0.25, 0.3) is 22.3 Å². The molecule has 158 valence electrons. The van der Waals surface area contributed by atoms with E-state index < -0.39 is 22.1 Å². The van der Waals surface area contributed by atoms with Gasteiger partial charge in [0.2, 0.25) is 15.9 Å². The van der Waals surface area contributed by atoms with Crippen molar-refractivity contribution in [1.82, 2.24) is 14.6 Å². The van der Waals surface area contributed by atoms with Gasteiger partial charge in [-0.1, -0.05) is 41.1 Å². The molecule has 2 heterocycles. The first-order valence-corrected chi connectivity index (χ1v) is 10.3. The molecular weight excluding hydrogens is 472 g/mol. The van der Waals surface area contributed by atoms with Crippen molar-refractivity contribution in [2.24, 2.45) is 0 Å². The van der Waals surface area contributed by atoms with Crippen LogP contribution in [0, 0.1) is 5.82 Å². The first-order valence-electron chi connectivity index (χ1n) is 8.68. The van der Waals surface area contributed by atoms with Gasteiger partial charge in [0.15, 0.2) is 0 Å². The summed E-state index contributed by atoms with van der Waals surface area (Å²) >= 11 is 12.0. The van der Waals surface area contributed by atoms with Gasteiger partial charge in [0.1, 0.15) is 11.5 Å². The second kappa shape index (κ2) is 8.33. The summed E-state index contributed by atoms with van der Waals surface area (Å²) < 4.78 is 41.2. The lowest BCUT2D eigenvalue weighted by Crippen LogP contribution is -2.08. The zero-order valence-electron chi connectivity index (χ0n) is 15.3. The maximum absolute atomic E-state index is 13.5. The van der Waals surface area contributed by atoms with Gasteiger partial charge >= 0.3 is 5.38 Å². The van der Waals surface area contributed by atoms with Crippen molar-refractivity contribution in [2.75, 3.05) is 5.32 Å². The van der Waals surface area contributed by atoms with Crippen LogP contribution in [0.1, 0.15) is 10.7 Å². The minimum Gasteiger partial charge on any atom is -0.323 e. The predicted molar refractivity (Wildman–Crippen MR) is 115 cm³/mol. The molecule has 0 radical (unpaired) electrons. The van der Waals surface area contributed by atoms with Gasteiger partial charge < -0.3 is 5.32 Å².